The van der Waals surface area contributed by atoms with Crippen molar-refractivity contribution in [2.75, 3.05) is 0 Å². The highest BCUT2D eigenvalue weighted by molar-refractivity contribution is 6.83. The molecule has 1 N–H and O–H groups in total. The summed E-state index contributed by atoms with van der Waals surface area (Å²) in [7, 11) is -1.28. The SMILES string of the molecule is C[Si](C)(C)C#Cc1ccc(O)cc1. The van der Waals surface area contributed by atoms with Crippen LogP contribution in [0.3, 0.4) is 0 Å². The van der Waals surface area contributed by atoms with Gasteiger partial charge in [0.25, 0.3) is 0 Å². The molecule has 2 heteroatoms. The van der Waals surface area contributed by atoms with Gasteiger partial charge in [-0.1, -0.05) is 25.6 Å². The molecule has 1 nitrogen and oxygen atoms in total. The van der Waals surface area contributed by atoms with E-state index in [2.05, 4.69) is 31.1 Å². The lowest BCUT2D eigenvalue weighted by Gasteiger charge is -2.03. The summed E-state index contributed by atoms with van der Waals surface area (Å²) < 4.78 is 0. The number of benzene rings is 1. The van der Waals surface area contributed by atoms with Crippen LogP contribution >= 0.6 is 0 Å². The van der Waals surface area contributed by atoms with Crippen LogP contribution in [0.4, 0.5) is 0 Å². The second-order valence-electron chi connectivity index (χ2n) is 4.05. The summed E-state index contributed by atoms with van der Waals surface area (Å²) in [4.78, 5) is 0. The first-order chi connectivity index (χ1) is 5.97. The van der Waals surface area contributed by atoms with Gasteiger partial charge in [0, 0.05) is 5.56 Å². The van der Waals surface area contributed by atoms with Crippen molar-refractivity contribution in [2.24, 2.45) is 0 Å². The van der Waals surface area contributed by atoms with Gasteiger partial charge in [-0.25, -0.2) is 0 Å². The molecule has 0 amide bonds. The number of hydrogen-bond donors (Lipinski definition) is 1. The Hall–Kier alpha value is -1.20. The Balaban J connectivity index is 2.85. The van der Waals surface area contributed by atoms with Crippen LogP contribution in [0, 0.1) is 11.5 Å². The maximum Gasteiger partial charge on any atom is 0.129 e. The number of phenols is 1. The van der Waals surface area contributed by atoms with E-state index in [1.807, 2.05) is 12.1 Å². The lowest BCUT2D eigenvalue weighted by molar-refractivity contribution is 0.475. The van der Waals surface area contributed by atoms with E-state index in [4.69, 9.17) is 5.11 Å². The van der Waals surface area contributed by atoms with Gasteiger partial charge in [0.1, 0.15) is 13.8 Å². The van der Waals surface area contributed by atoms with Crippen molar-refractivity contribution in [3.05, 3.63) is 29.8 Å². The fraction of sp³-hybridized carbons (Fsp3) is 0.273. The Labute approximate surface area is 80.4 Å². The largest absolute Gasteiger partial charge is 0.508 e. The van der Waals surface area contributed by atoms with Crippen molar-refractivity contribution in [3.8, 4) is 17.2 Å². The van der Waals surface area contributed by atoms with Crippen LogP contribution in [0.5, 0.6) is 5.75 Å². The minimum absolute atomic E-state index is 0.290. The van der Waals surface area contributed by atoms with E-state index in [1.54, 1.807) is 12.1 Å². The Morgan fingerprint density at radius 3 is 2.08 bits per heavy atom. The molecular formula is C11H14OSi. The zero-order chi connectivity index (χ0) is 9.90. The molecule has 1 rings (SSSR count). The Morgan fingerprint density at radius 1 is 1.08 bits per heavy atom. The van der Waals surface area contributed by atoms with Gasteiger partial charge in [-0.05, 0) is 24.3 Å². The highest BCUT2D eigenvalue weighted by Gasteiger charge is 2.07. The molecule has 0 heterocycles. The topological polar surface area (TPSA) is 20.2 Å². The van der Waals surface area contributed by atoms with Crippen LogP contribution in [0.2, 0.25) is 19.6 Å². The third-order valence-corrected chi connectivity index (χ3v) is 2.32. The smallest absolute Gasteiger partial charge is 0.129 e. The van der Waals surface area contributed by atoms with E-state index in [1.165, 1.54) is 0 Å². The second kappa shape index (κ2) is 3.67. The summed E-state index contributed by atoms with van der Waals surface area (Å²) >= 11 is 0. The summed E-state index contributed by atoms with van der Waals surface area (Å²) in [5.41, 5.74) is 4.24. The van der Waals surface area contributed by atoms with E-state index in [0.29, 0.717) is 5.75 Å². The van der Waals surface area contributed by atoms with Gasteiger partial charge in [0.2, 0.25) is 0 Å². The Morgan fingerprint density at radius 2 is 1.62 bits per heavy atom. The molecule has 0 bridgehead atoms. The third-order valence-electron chi connectivity index (χ3n) is 1.45. The molecule has 0 radical (unpaired) electrons. The minimum Gasteiger partial charge on any atom is -0.508 e. The summed E-state index contributed by atoms with van der Waals surface area (Å²) in [5.74, 6) is 3.40. The third kappa shape index (κ3) is 3.82. The first kappa shape index (κ1) is 9.88. The number of phenolic OH excluding ortho intramolecular Hbond substituents is 1. The molecule has 0 unspecified atom stereocenters. The summed E-state index contributed by atoms with van der Waals surface area (Å²) in [5, 5.41) is 9.05. The van der Waals surface area contributed by atoms with E-state index in [0.717, 1.165) is 5.56 Å². The molecule has 0 saturated carbocycles. The van der Waals surface area contributed by atoms with Crippen LogP contribution in [0.15, 0.2) is 24.3 Å². The fourth-order valence-corrected chi connectivity index (χ4v) is 1.32. The molecular weight excluding hydrogens is 176 g/mol. The van der Waals surface area contributed by atoms with Crippen molar-refractivity contribution < 1.29 is 5.11 Å². The molecule has 0 aliphatic rings. The van der Waals surface area contributed by atoms with E-state index in [9.17, 15) is 0 Å². The standard InChI is InChI=1S/C11H14OSi/c1-13(2,3)9-8-10-4-6-11(12)7-5-10/h4-7,12H,1-3H3. The summed E-state index contributed by atoms with van der Waals surface area (Å²) in [6, 6.07) is 6.99. The number of hydrogen-bond acceptors (Lipinski definition) is 1. The van der Waals surface area contributed by atoms with E-state index in [-0.39, 0.29) is 0 Å². The van der Waals surface area contributed by atoms with Crippen molar-refractivity contribution in [1.29, 1.82) is 0 Å². The molecule has 0 fully saturated rings. The highest BCUT2D eigenvalue weighted by atomic mass is 28.3. The molecule has 1 aromatic carbocycles. The predicted molar refractivity (Wildman–Crippen MR) is 58.3 cm³/mol. The van der Waals surface area contributed by atoms with Crippen LogP contribution in [-0.2, 0) is 0 Å². The summed E-state index contributed by atoms with van der Waals surface area (Å²) in [6.45, 7) is 6.63. The molecule has 0 aliphatic carbocycles. The molecule has 68 valence electrons. The van der Waals surface area contributed by atoms with Gasteiger partial charge in [0.05, 0.1) is 0 Å². The maximum absolute atomic E-state index is 9.05. The maximum atomic E-state index is 9.05. The fourth-order valence-electron chi connectivity index (χ4n) is 0.804. The molecule has 1 aromatic rings. The average Bonchev–Trinajstić information content (AvgIpc) is 2.02. The number of aromatic hydroxyl groups is 1. The zero-order valence-electron chi connectivity index (χ0n) is 8.26. The Kier molecular flexibility index (Phi) is 2.79. The van der Waals surface area contributed by atoms with Gasteiger partial charge in [-0.2, -0.15) is 0 Å². The van der Waals surface area contributed by atoms with E-state index < -0.39 is 8.07 Å². The predicted octanol–water partition coefficient (Wildman–Crippen LogP) is 2.62. The summed E-state index contributed by atoms with van der Waals surface area (Å²) in [6.07, 6.45) is 0. The minimum atomic E-state index is -1.28. The van der Waals surface area contributed by atoms with Crippen molar-refractivity contribution in [2.45, 2.75) is 19.6 Å². The molecule has 0 saturated heterocycles. The zero-order valence-corrected chi connectivity index (χ0v) is 9.26. The van der Waals surface area contributed by atoms with Crippen LogP contribution < -0.4 is 0 Å². The highest BCUT2D eigenvalue weighted by Crippen LogP contribution is 2.08. The van der Waals surface area contributed by atoms with Gasteiger partial charge >= 0.3 is 0 Å². The van der Waals surface area contributed by atoms with Gasteiger partial charge < -0.3 is 5.11 Å². The molecule has 0 spiro atoms. The van der Waals surface area contributed by atoms with Crippen LogP contribution in [-0.4, -0.2) is 13.2 Å². The monoisotopic (exact) mass is 190 g/mol. The average molecular weight is 190 g/mol. The Bertz CT molecular complexity index is 335. The first-order valence-corrected chi connectivity index (χ1v) is 7.79. The van der Waals surface area contributed by atoms with Crippen molar-refractivity contribution in [3.63, 3.8) is 0 Å². The van der Waals surface area contributed by atoms with Gasteiger partial charge in [-0.15, -0.1) is 5.54 Å². The first-order valence-electron chi connectivity index (χ1n) is 4.29. The molecule has 0 aromatic heterocycles. The number of rotatable bonds is 0. The molecule has 13 heavy (non-hydrogen) atoms. The van der Waals surface area contributed by atoms with E-state index >= 15 is 0 Å². The second-order valence-corrected chi connectivity index (χ2v) is 8.80. The lowest BCUT2D eigenvalue weighted by atomic mass is 10.2. The quantitative estimate of drug-likeness (QED) is 0.492. The molecule has 0 atom stereocenters. The van der Waals surface area contributed by atoms with Crippen molar-refractivity contribution >= 4 is 8.07 Å². The molecule has 0 aliphatic heterocycles. The van der Waals surface area contributed by atoms with Crippen molar-refractivity contribution in [1.82, 2.24) is 0 Å². The lowest BCUT2D eigenvalue weighted by Crippen LogP contribution is -2.16. The normalized spacial score (nSPS) is 10.4. The van der Waals surface area contributed by atoms with Crippen LogP contribution in [0.25, 0.3) is 0 Å². The van der Waals surface area contributed by atoms with Gasteiger partial charge in [-0.3, -0.25) is 0 Å². The van der Waals surface area contributed by atoms with Gasteiger partial charge in [0.15, 0.2) is 0 Å². The van der Waals surface area contributed by atoms with Crippen LogP contribution in [0.1, 0.15) is 5.56 Å².